The molecule has 0 bridgehead atoms. The molecule has 0 unspecified atom stereocenters. The zero-order valence-electron chi connectivity index (χ0n) is 7.73. The van der Waals surface area contributed by atoms with Crippen molar-refractivity contribution in [2.75, 3.05) is 0 Å². The third-order valence-corrected chi connectivity index (χ3v) is 1.84. The van der Waals surface area contributed by atoms with Gasteiger partial charge in [0.25, 0.3) is 6.43 Å². The molecule has 0 aromatic carbocycles. The van der Waals surface area contributed by atoms with Crippen LogP contribution in [0.4, 0.5) is 22.0 Å². The first kappa shape index (κ1) is 13.4. The molecule has 0 N–H and O–H groups in total. The van der Waals surface area contributed by atoms with Crippen molar-refractivity contribution >= 4 is 11.6 Å². The van der Waals surface area contributed by atoms with Gasteiger partial charge in [-0.3, -0.25) is 0 Å². The van der Waals surface area contributed by atoms with Crippen LogP contribution < -0.4 is 4.74 Å². The number of rotatable bonds is 2. The lowest BCUT2D eigenvalue weighted by Crippen LogP contribution is -2.18. The quantitative estimate of drug-likeness (QED) is 0.612. The molecule has 1 aromatic heterocycles. The molecule has 0 saturated heterocycles. The number of hydrogen-bond donors (Lipinski definition) is 0. The Balaban J connectivity index is 3.28. The van der Waals surface area contributed by atoms with Gasteiger partial charge in [0.1, 0.15) is 11.2 Å². The van der Waals surface area contributed by atoms with E-state index >= 15 is 0 Å². The molecule has 3 nitrogen and oxygen atoms in total. The first-order valence-corrected chi connectivity index (χ1v) is 4.27. The zero-order valence-corrected chi connectivity index (χ0v) is 8.48. The van der Waals surface area contributed by atoms with Crippen LogP contribution in [-0.4, -0.2) is 11.3 Å². The number of hydrogen-bond acceptors (Lipinski definition) is 3. The first-order valence-electron chi connectivity index (χ1n) is 3.89. The van der Waals surface area contributed by atoms with Gasteiger partial charge in [0.15, 0.2) is 11.4 Å². The summed E-state index contributed by atoms with van der Waals surface area (Å²) >= 11 is 5.27. The normalized spacial score (nSPS) is 11.4. The predicted molar refractivity (Wildman–Crippen MR) is 45.6 cm³/mol. The Labute approximate surface area is 96.4 Å². The van der Waals surface area contributed by atoms with Gasteiger partial charge in [-0.2, -0.15) is 5.26 Å². The van der Waals surface area contributed by atoms with Crippen LogP contribution in [0.25, 0.3) is 0 Å². The van der Waals surface area contributed by atoms with Crippen molar-refractivity contribution in [2.45, 2.75) is 12.8 Å². The number of halogens is 6. The van der Waals surface area contributed by atoms with E-state index in [2.05, 4.69) is 9.72 Å². The first-order chi connectivity index (χ1) is 7.74. The molecule has 0 spiro atoms. The molecule has 0 saturated carbocycles. The fraction of sp³-hybridized carbons (Fsp3) is 0.250. The minimum absolute atomic E-state index is 0.339. The minimum atomic E-state index is -5.11. The average molecular weight is 273 g/mol. The van der Waals surface area contributed by atoms with Crippen LogP contribution in [0.15, 0.2) is 6.07 Å². The number of pyridine rings is 1. The molecule has 0 atom stereocenters. The van der Waals surface area contributed by atoms with Crippen molar-refractivity contribution in [1.82, 2.24) is 4.98 Å². The largest absolute Gasteiger partial charge is 0.573 e. The maximum absolute atomic E-state index is 12.3. The third-order valence-electron chi connectivity index (χ3n) is 1.53. The Bertz CT molecular complexity index is 468. The van der Waals surface area contributed by atoms with Crippen LogP contribution >= 0.6 is 11.6 Å². The van der Waals surface area contributed by atoms with Crippen molar-refractivity contribution in [3.63, 3.8) is 0 Å². The van der Waals surface area contributed by atoms with E-state index in [1.54, 1.807) is 0 Å². The molecule has 1 aromatic rings. The molecule has 1 heterocycles. The summed E-state index contributed by atoms with van der Waals surface area (Å²) in [4.78, 5) is 3.10. The molecular formula is C8H2ClF5N2O. The van der Waals surface area contributed by atoms with E-state index in [-0.39, 0.29) is 0 Å². The maximum atomic E-state index is 12.3. The van der Waals surface area contributed by atoms with Gasteiger partial charge < -0.3 is 4.74 Å². The molecule has 9 heteroatoms. The second-order valence-electron chi connectivity index (χ2n) is 2.68. The third kappa shape index (κ3) is 3.42. The number of ether oxygens (including phenoxy) is 1. The summed E-state index contributed by atoms with van der Waals surface area (Å²) in [5, 5.41) is 7.72. The lowest BCUT2D eigenvalue weighted by Gasteiger charge is -2.11. The standard InChI is InChI=1S/C8H2ClF5N2O/c9-6-3(7(10)11)1-5(4(2-15)16-6)17-8(12,13)14/h1,7H. The van der Waals surface area contributed by atoms with Gasteiger partial charge in [-0.15, -0.1) is 13.2 Å². The summed E-state index contributed by atoms with van der Waals surface area (Å²) in [6, 6.07) is 1.60. The molecular weight excluding hydrogens is 271 g/mol. The second-order valence-corrected chi connectivity index (χ2v) is 3.03. The molecule has 1 rings (SSSR count). The highest BCUT2D eigenvalue weighted by Crippen LogP contribution is 2.33. The molecule has 17 heavy (non-hydrogen) atoms. The summed E-state index contributed by atoms with van der Waals surface area (Å²) in [6.45, 7) is 0. The Morgan fingerprint density at radius 2 is 2.00 bits per heavy atom. The molecule has 0 radical (unpaired) electrons. The fourth-order valence-corrected chi connectivity index (χ4v) is 1.14. The molecule has 0 aliphatic heterocycles. The van der Waals surface area contributed by atoms with Gasteiger partial charge in [-0.1, -0.05) is 11.6 Å². The van der Waals surface area contributed by atoms with Crippen LogP contribution in [0, 0.1) is 11.3 Å². The minimum Gasteiger partial charge on any atom is -0.403 e. The molecule has 0 fully saturated rings. The van der Waals surface area contributed by atoms with E-state index in [1.165, 1.54) is 6.07 Å². The highest BCUT2D eigenvalue weighted by molar-refractivity contribution is 6.30. The summed E-state index contributed by atoms with van der Waals surface area (Å²) in [6.07, 6.45) is -8.24. The fourth-order valence-electron chi connectivity index (χ4n) is 0.923. The van der Waals surface area contributed by atoms with Gasteiger partial charge in [-0.25, -0.2) is 13.8 Å². The predicted octanol–water partition coefficient (Wildman–Crippen LogP) is 3.44. The van der Waals surface area contributed by atoms with Crippen LogP contribution in [0.3, 0.4) is 0 Å². The lowest BCUT2D eigenvalue weighted by molar-refractivity contribution is -0.274. The van der Waals surface area contributed by atoms with Crippen LogP contribution in [0.2, 0.25) is 5.15 Å². The highest BCUT2D eigenvalue weighted by atomic mass is 35.5. The summed E-state index contributed by atoms with van der Waals surface area (Å²) < 4.78 is 63.8. The summed E-state index contributed by atoms with van der Waals surface area (Å²) in [7, 11) is 0. The molecule has 0 amide bonds. The van der Waals surface area contributed by atoms with Crippen molar-refractivity contribution in [3.8, 4) is 11.8 Å². The summed E-state index contributed by atoms with van der Waals surface area (Å²) in [5.74, 6) is -1.11. The zero-order chi connectivity index (χ0) is 13.2. The number of nitriles is 1. The molecule has 0 aliphatic rings. The average Bonchev–Trinajstić information content (AvgIpc) is 2.17. The Hall–Kier alpha value is -1.62. The molecule has 0 aliphatic carbocycles. The van der Waals surface area contributed by atoms with Crippen molar-refractivity contribution < 1.29 is 26.7 Å². The smallest absolute Gasteiger partial charge is 0.403 e. The number of aromatic nitrogens is 1. The number of alkyl halides is 5. The molecule has 92 valence electrons. The van der Waals surface area contributed by atoms with Gasteiger partial charge in [0.05, 0.1) is 5.56 Å². The Morgan fingerprint density at radius 1 is 1.41 bits per heavy atom. The van der Waals surface area contributed by atoms with Gasteiger partial charge in [0.2, 0.25) is 0 Å². The maximum Gasteiger partial charge on any atom is 0.573 e. The lowest BCUT2D eigenvalue weighted by atomic mass is 10.2. The van der Waals surface area contributed by atoms with E-state index in [0.717, 1.165) is 0 Å². The van der Waals surface area contributed by atoms with Gasteiger partial charge in [0, 0.05) is 0 Å². The Morgan fingerprint density at radius 3 is 2.41 bits per heavy atom. The van der Waals surface area contributed by atoms with Crippen LogP contribution in [0.5, 0.6) is 5.75 Å². The van der Waals surface area contributed by atoms with E-state index in [1.807, 2.05) is 0 Å². The topological polar surface area (TPSA) is 45.9 Å². The van der Waals surface area contributed by atoms with Crippen LogP contribution in [0.1, 0.15) is 17.7 Å². The second kappa shape index (κ2) is 4.71. The Kier molecular flexibility index (Phi) is 3.72. The van der Waals surface area contributed by atoms with Gasteiger partial charge >= 0.3 is 6.36 Å². The highest BCUT2D eigenvalue weighted by Gasteiger charge is 2.33. The number of nitrogens with zero attached hydrogens (tertiary/aromatic N) is 2. The van der Waals surface area contributed by atoms with E-state index in [0.29, 0.717) is 6.07 Å². The van der Waals surface area contributed by atoms with Crippen molar-refractivity contribution in [3.05, 3.63) is 22.5 Å². The van der Waals surface area contributed by atoms with Gasteiger partial charge in [-0.05, 0) is 6.07 Å². The SMILES string of the molecule is N#Cc1nc(Cl)c(C(F)F)cc1OC(F)(F)F. The van der Waals surface area contributed by atoms with E-state index in [9.17, 15) is 22.0 Å². The van der Waals surface area contributed by atoms with Crippen molar-refractivity contribution in [2.24, 2.45) is 0 Å². The van der Waals surface area contributed by atoms with Crippen LogP contribution in [-0.2, 0) is 0 Å². The summed E-state index contributed by atoms with van der Waals surface area (Å²) in [5.41, 5.74) is -1.76. The van der Waals surface area contributed by atoms with Crippen molar-refractivity contribution in [1.29, 1.82) is 5.26 Å². The van der Waals surface area contributed by atoms with E-state index < -0.39 is 34.9 Å². The van der Waals surface area contributed by atoms with E-state index in [4.69, 9.17) is 16.9 Å². The monoisotopic (exact) mass is 272 g/mol.